The van der Waals surface area contributed by atoms with Crippen molar-refractivity contribution in [1.29, 1.82) is 0 Å². The number of nitrogens with one attached hydrogen (secondary N) is 1. The Labute approximate surface area is 116 Å². The number of nitrogens with two attached hydrogens (primary N) is 1. The molecule has 0 aliphatic carbocycles. The van der Waals surface area contributed by atoms with E-state index in [2.05, 4.69) is 33.0 Å². The second kappa shape index (κ2) is 6.71. The number of carbonyl (C=O) groups is 1. The minimum absolute atomic E-state index is 0.0776. The van der Waals surface area contributed by atoms with Gasteiger partial charge in [0.15, 0.2) is 0 Å². The molecule has 1 aromatic carbocycles. The van der Waals surface area contributed by atoms with E-state index in [1.54, 1.807) is 0 Å². The maximum absolute atomic E-state index is 11.9. The van der Waals surface area contributed by atoms with Crippen molar-refractivity contribution in [3.63, 3.8) is 0 Å². The van der Waals surface area contributed by atoms with Gasteiger partial charge in [-0.15, -0.1) is 0 Å². The molecule has 0 spiro atoms. The van der Waals surface area contributed by atoms with Gasteiger partial charge in [0.2, 0.25) is 5.91 Å². The Hall–Kier alpha value is -1.35. The second-order valence-electron chi connectivity index (χ2n) is 6.29. The van der Waals surface area contributed by atoms with Crippen molar-refractivity contribution in [1.82, 2.24) is 5.32 Å². The van der Waals surface area contributed by atoms with Gasteiger partial charge >= 0.3 is 0 Å². The molecule has 2 atom stereocenters. The van der Waals surface area contributed by atoms with Gasteiger partial charge in [-0.05, 0) is 16.9 Å². The summed E-state index contributed by atoms with van der Waals surface area (Å²) in [5.41, 5.74) is 7.24. The Bertz CT molecular complexity index is 395. The van der Waals surface area contributed by atoms with Crippen LogP contribution < -0.4 is 11.1 Å². The molecule has 3 nitrogen and oxygen atoms in total. The highest BCUT2D eigenvalue weighted by Gasteiger charge is 2.22. The lowest BCUT2D eigenvalue weighted by atomic mass is 9.80. The number of carbonyl (C=O) groups excluding carboxylic acids is 1. The summed E-state index contributed by atoms with van der Waals surface area (Å²) in [4.78, 5) is 11.9. The number of benzene rings is 1. The van der Waals surface area contributed by atoms with Gasteiger partial charge in [-0.25, -0.2) is 0 Å². The highest BCUT2D eigenvalue weighted by atomic mass is 16.1. The van der Waals surface area contributed by atoms with Crippen LogP contribution in [0.2, 0.25) is 0 Å². The van der Waals surface area contributed by atoms with E-state index in [4.69, 9.17) is 5.73 Å². The zero-order chi connectivity index (χ0) is 14.5. The Morgan fingerprint density at radius 1 is 1.26 bits per heavy atom. The largest absolute Gasteiger partial charge is 0.354 e. The highest BCUT2D eigenvalue weighted by Crippen LogP contribution is 2.27. The molecule has 0 bridgehead atoms. The monoisotopic (exact) mass is 262 g/mol. The van der Waals surface area contributed by atoms with Gasteiger partial charge < -0.3 is 11.1 Å². The van der Waals surface area contributed by atoms with Crippen molar-refractivity contribution < 1.29 is 4.79 Å². The third-order valence-corrected chi connectivity index (χ3v) is 3.72. The standard InChI is InChI=1S/C16H26N2O/c1-12(16(2,3)4)10-15(19)18-11-14(17)13-8-6-5-7-9-13/h5-9,12,14H,10-11,17H2,1-4H3,(H,18,19). The van der Waals surface area contributed by atoms with E-state index in [0.29, 0.717) is 18.9 Å². The molecule has 1 amide bonds. The molecule has 1 rings (SSSR count). The summed E-state index contributed by atoms with van der Waals surface area (Å²) >= 11 is 0. The molecule has 0 radical (unpaired) electrons. The van der Waals surface area contributed by atoms with Crippen LogP contribution in [0.25, 0.3) is 0 Å². The third-order valence-electron chi connectivity index (χ3n) is 3.72. The molecule has 0 fully saturated rings. The Morgan fingerprint density at radius 3 is 2.37 bits per heavy atom. The molecule has 3 N–H and O–H groups in total. The van der Waals surface area contributed by atoms with Crippen molar-refractivity contribution in [3.05, 3.63) is 35.9 Å². The smallest absolute Gasteiger partial charge is 0.220 e. The quantitative estimate of drug-likeness (QED) is 0.857. The van der Waals surface area contributed by atoms with E-state index in [1.165, 1.54) is 0 Å². The van der Waals surface area contributed by atoms with Gasteiger partial charge in [0.1, 0.15) is 0 Å². The summed E-state index contributed by atoms with van der Waals surface area (Å²) in [6.45, 7) is 9.05. The van der Waals surface area contributed by atoms with Gasteiger partial charge in [0.05, 0.1) is 0 Å². The molecular formula is C16H26N2O. The summed E-state index contributed by atoms with van der Waals surface area (Å²) in [7, 11) is 0. The molecule has 19 heavy (non-hydrogen) atoms. The lowest BCUT2D eigenvalue weighted by molar-refractivity contribution is -0.122. The minimum Gasteiger partial charge on any atom is -0.354 e. The van der Waals surface area contributed by atoms with Crippen LogP contribution in [0.1, 0.15) is 45.7 Å². The first-order chi connectivity index (χ1) is 8.80. The van der Waals surface area contributed by atoms with Crippen LogP contribution in [-0.4, -0.2) is 12.5 Å². The molecule has 0 saturated heterocycles. The normalized spacial score (nSPS) is 14.8. The molecular weight excluding hydrogens is 236 g/mol. The first-order valence-electron chi connectivity index (χ1n) is 6.88. The van der Waals surface area contributed by atoms with Gasteiger partial charge in [-0.2, -0.15) is 0 Å². The van der Waals surface area contributed by atoms with E-state index in [1.807, 2.05) is 30.3 Å². The summed E-state index contributed by atoms with van der Waals surface area (Å²) in [5.74, 6) is 0.425. The molecule has 0 saturated carbocycles. The summed E-state index contributed by atoms with van der Waals surface area (Å²) in [6, 6.07) is 9.69. The first kappa shape index (κ1) is 15.7. The Morgan fingerprint density at radius 2 is 1.84 bits per heavy atom. The topological polar surface area (TPSA) is 55.1 Å². The van der Waals surface area contributed by atoms with E-state index in [0.717, 1.165) is 5.56 Å². The molecule has 0 aromatic heterocycles. The number of amides is 1. The second-order valence-corrected chi connectivity index (χ2v) is 6.29. The van der Waals surface area contributed by atoms with E-state index >= 15 is 0 Å². The van der Waals surface area contributed by atoms with Crippen LogP contribution in [0.4, 0.5) is 0 Å². The predicted octanol–water partition coefficient (Wildman–Crippen LogP) is 2.87. The van der Waals surface area contributed by atoms with Gasteiger partial charge in [0.25, 0.3) is 0 Å². The number of rotatable bonds is 5. The molecule has 0 aliphatic rings. The average molecular weight is 262 g/mol. The number of hydrogen-bond acceptors (Lipinski definition) is 2. The first-order valence-corrected chi connectivity index (χ1v) is 6.88. The Balaban J connectivity index is 2.39. The highest BCUT2D eigenvalue weighted by molar-refractivity contribution is 5.76. The zero-order valence-corrected chi connectivity index (χ0v) is 12.4. The van der Waals surface area contributed by atoms with Crippen LogP contribution in [0.3, 0.4) is 0 Å². The van der Waals surface area contributed by atoms with Crippen molar-refractivity contribution in [3.8, 4) is 0 Å². The third kappa shape index (κ3) is 5.43. The van der Waals surface area contributed by atoms with E-state index in [9.17, 15) is 4.79 Å². The van der Waals surface area contributed by atoms with Crippen molar-refractivity contribution >= 4 is 5.91 Å². The molecule has 3 heteroatoms. The van der Waals surface area contributed by atoms with Crippen molar-refractivity contribution in [2.45, 2.75) is 40.2 Å². The maximum atomic E-state index is 11.9. The van der Waals surface area contributed by atoms with Crippen molar-refractivity contribution in [2.75, 3.05) is 6.54 Å². The molecule has 2 unspecified atom stereocenters. The van der Waals surface area contributed by atoms with Crippen LogP contribution in [0.5, 0.6) is 0 Å². The lowest BCUT2D eigenvalue weighted by Crippen LogP contribution is -2.34. The molecule has 0 aliphatic heterocycles. The summed E-state index contributed by atoms with van der Waals surface area (Å²) in [6.07, 6.45) is 0.547. The van der Waals surface area contributed by atoms with Crippen LogP contribution in [0.15, 0.2) is 30.3 Å². The van der Waals surface area contributed by atoms with Gasteiger partial charge in [0, 0.05) is 19.0 Å². The minimum atomic E-state index is -0.143. The average Bonchev–Trinajstić information content (AvgIpc) is 2.35. The summed E-state index contributed by atoms with van der Waals surface area (Å²) < 4.78 is 0. The van der Waals surface area contributed by atoms with Gasteiger partial charge in [-0.1, -0.05) is 58.0 Å². The fourth-order valence-electron chi connectivity index (χ4n) is 1.70. The maximum Gasteiger partial charge on any atom is 0.220 e. The van der Waals surface area contributed by atoms with Gasteiger partial charge in [-0.3, -0.25) is 4.79 Å². The molecule has 1 aromatic rings. The molecule has 106 valence electrons. The van der Waals surface area contributed by atoms with Crippen LogP contribution in [0, 0.1) is 11.3 Å². The fraction of sp³-hybridized carbons (Fsp3) is 0.562. The number of hydrogen-bond donors (Lipinski definition) is 2. The van der Waals surface area contributed by atoms with E-state index < -0.39 is 0 Å². The fourth-order valence-corrected chi connectivity index (χ4v) is 1.70. The zero-order valence-electron chi connectivity index (χ0n) is 12.4. The van der Waals surface area contributed by atoms with E-state index in [-0.39, 0.29) is 17.4 Å². The lowest BCUT2D eigenvalue weighted by Gasteiger charge is -2.26. The predicted molar refractivity (Wildman–Crippen MR) is 79.6 cm³/mol. The van der Waals surface area contributed by atoms with Crippen molar-refractivity contribution in [2.24, 2.45) is 17.1 Å². The SMILES string of the molecule is CC(CC(=O)NCC(N)c1ccccc1)C(C)(C)C. The summed E-state index contributed by atoms with van der Waals surface area (Å²) in [5, 5.41) is 2.92. The Kier molecular flexibility index (Phi) is 5.55. The van der Waals surface area contributed by atoms with Crippen LogP contribution in [-0.2, 0) is 4.79 Å². The van der Waals surface area contributed by atoms with Crippen LogP contribution >= 0.6 is 0 Å². The molecule has 0 heterocycles.